The minimum atomic E-state index is -0.389. The molecule has 0 bridgehead atoms. The molecule has 0 aromatic carbocycles. The van der Waals surface area contributed by atoms with Crippen molar-refractivity contribution in [3.8, 4) is 0 Å². The Balaban J connectivity index is 2.38. The summed E-state index contributed by atoms with van der Waals surface area (Å²) in [6.45, 7) is 5.59. The first-order chi connectivity index (χ1) is 7.61. The second kappa shape index (κ2) is 6.27. The SMILES string of the molecule is CC(C)CCOCCn1c(=O)cc[nH]c1=O. The lowest BCUT2D eigenvalue weighted by atomic mass is 10.1. The van der Waals surface area contributed by atoms with Crippen LogP contribution in [0.1, 0.15) is 20.3 Å². The third kappa shape index (κ3) is 4.02. The molecule has 1 aromatic heterocycles. The maximum atomic E-state index is 11.3. The molecule has 0 spiro atoms. The average Bonchev–Trinajstić information content (AvgIpc) is 2.21. The standard InChI is InChI=1S/C11H18N2O3/c1-9(2)4-7-16-8-6-13-10(14)3-5-12-11(13)15/h3,5,9H,4,6-8H2,1-2H3,(H,12,15). The quantitative estimate of drug-likeness (QED) is 0.722. The van der Waals surface area contributed by atoms with Crippen LogP contribution in [0.15, 0.2) is 21.9 Å². The monoisotopic (exact) mass is 226 g/mol. The Morgan fingerprint density at radius 1 is 1.38 bits per heavy atom. The first-order valence-corrected chi connectivity index (χ1v) is 5.47. The van der Waals surface area contributed by atoms with Gasteiger partial charge in [0, 0.05) is 18.9 Å². The van der Waals surface area contributed by atoms with Crippen molar-refractivity contribution in [1.29, 1.82) is 0 Å². The van der Waals surface area contributed by atoms with Crippen LogP contribution in [-0.2, 0) is 11.3 Å². The molecular formula is C11H18N2O3. The fourth-order valence-corrected chi connectivity index (χ4v) is 1.24. The van der Waals surface area contributed by atoms with Gasteiger partial charge in [-0.3, -0.25) is 9.36 Å². The Morgan fingerprint density at radius 2 is 2.12 bits per heavy atom. The van der Waals surface area contributed by atoms with E-state index in [1.54, 1.807) is 0 Å². The summed E-state index contributed by atoms with van der Waals surface area (Å²) < 4.78 is 6.48. The number of ether oxygens (including phenoxy) is 1. The molecule has 0 saturated carbocycles. The lowest BCUT2D eigenvalue weighted by Crippen LogP contribution is -2.35. The number of nitrogens with zero attached hydrogens (tertiary/aromatic N) is 1. The number of nitrogens with one attached hydrogen (secondary N) is 1. The number of H-pyrrole nitrogens is 1. The van der Waals surface area contributed by atoms with Crippen molar-refractivity contribution in [1.82, 2.24) is 9.55 Å². The Kier molecular flexibility index (Phi) is 4.98. The fraction of sp³-hybridized carbons (Fsp3) is 0.636. The van der Waals surface area contributed by atoms with Gasteiger partial charge in [0.05, 0.1) is 13.2 Å². The molecule has 0 aliphatic heterocycles. The van der Waals surface area contributed by atoms with Crippen molar-refractivity contribution in [2.45, 2.75) is 26.8 Å². The van der Waals surface area contributed by atoms with E-state index in [0.29, 0.717) is 25.7 Å². The second-order valence-corrected chi connectivity index (χ2v) is 4.07. The zero-order chi connectivity index (χ0) is 12.0. The lowest BCUT2D eigenvalue weighted by molar-refractivity contribution is 0.115. The van der Waals surface area contributed by atoms with Crippen LogP contribution in [0.4, 0.5) is 0 Å². The molecule has 1 aromatic rings. The first kappa shape index (κ1) is 12.7. The van der Waals surface area contributed by atoms with E-state index in [4.69, 9.17) is 4.74 Å². The Hall–Kier alpha value is -1.36. The fourth-order valence-electron chi connectivity index (χ4n) is 1.24. The van der Waals surface area contributed by atoms with Crippen LogP contribution in [-0.4, -0.2) is 22.8 Å². The Bertz CT molecular complexity index is 391. The number of hydrogen-bond donors (Lipinski definition) is 1. The van der Waals surface area contributed by atoms with Crippen LogP contribution < -0.4 is 11.2 Å². The zero-order valence-electron chi connectivity index (χ0n) is 9.73. The summed E-state index contributed by atoms with van der Waals surface area (Å²) in [6, 6.07) is 1.33. The molecule has 0 atom stereocenters. The molecule has 0 amide bonds. The topological polar surface area (TPSA) is 64.1 Å². The minimum absolute atomic E-state index is 0.295. The van der Waals surface area contributed by atoms with E-state index in [0.717, 1.165) is 11.0 Å². The van der Waals surface area contributed by atoms with Crippen LogP contribution in [0.2, 0.25) is 0 Å². The summed E-state index contributed by atoms with van der Waals surface area (Å²) in [4.78, 5) is 25.0. The molecule has 5 nitrogen and oxygen atoms in total. The predicted molar refractivity (Wildman–Crippen MR) is 61.6 cm³/mol. The molecule has 0 radical (unpaired) electrons. The van der Waals surface area contributed by atoms with E-state index in [9.17, 15) is 9.59 Å². The van der Waals surface area contributed by atoms with Gasteiger partial charge in [-0.25, -0.2) is 4.79 Å². The molecule has 0 fully saturated rings. The maximum absolute atomic E-state index is 11.3. The van der Waals surface area contributed by atoms with Gasteiger partial charge in [0.1, 0.15) is 0 Å². The minimum Gasteiger partial charge on any atom is -0.380 e. The van der Waals surface area contributed by atoms with E-state index < -0.39 is 0 Å². The van der Waals surface area contributed by atoms with E-state index >= 15 is 0 Å². The van der Waals surface area contributed by atoms with Crippen LogP contribution in [0.5, 0.6) is 0 Å². The molecule has 90 valence electrons. The van der Waals surface area contributed by atoms with Gasteiger partial charge in [-0.2, -0.15) is 0 Å². The van der Waals surface area contributed by atoms with Gasteiger partial charge in [0.15, 0.2) is 0 Å². The first-order valence-electron chi connectivity index (χ1n) is 5.47. The third-order valence-corrected chi connectivity index (χ3v) is 2.24. The van der Waals surface area contributed by atoms with Crippen LogP contribution in [0, 0.1) is 5.92 Å². The normalized spacial score (nSPS) is 10.9. The molecule has 1 N–H and O–H groups in total. The highest BCUT2D eigenvalue weighted by atomic mass is 16.5. The van der Waals surface area contributed by atoms with Gasteiger partial charge < -0.3 is 9.72 Å². The largest absolute Gasteiger partial charge is 0.380 e. The number of aromatic amines is 1. The molecule has 0 saturated heterocycles. The zero-order valence-corrected chi connectivity index (χ0v) is 9.73. The van der Waals surface area contributed by atoms with E-state index in [-0.39, 0.29) is 11.2 Å². The highest BCUT2D eigenvalue weighted by Gasteiger charge is 2.00. The Labute approximate surface area is 94.1 Å². The van der Waals surface area contributed by atoms with Crippen molar-refractivity contribution >= 4 is 0 Å². The smallest absolute Gasteiger partial charge is 0.328 e. The number of rotatable bonds is 6. The van der Waals surface area contributed by atoms with Crippen molar-refractivity contribution in [2.24, 2.45) is 5.92 Å². The van der Waals surface area contributed by atoms with Crippen LogP contribution in [0.3, 0.4) is 0 Å². The molecule has 5 heteroatoms. The van der Waals surface area contributed by atoms with Gasteiger partial charge in [-0.15, -0.1) is 0 Å². The van der Waals surface area contributed by atoms with Gasteiger partial charge >= 0.3 is 5.69 Å². The summed E-state index contributed by atoms with van der Waals surface area (Å²) >= 11 is 0. The van der Waals surface area contributed by atoms with Crippen LogP contribution >= 0.6 is 0 Å². The molecule has 0 unspecified atom stereocenters. The van der Waals surface area contributed by atoms with E-state index in [1.807, 2.05) is 0 Å². The third-order valence-electron chi connectivity index (χ3n) is 2.24. The molecule has 1 rings (SSSR count). The summed E-state index contributed by atoms with van der Waals surface area (Å²) in [5.41, 5.74) is -0.684. The maximum Gasteiger partial charge on any atom is 0.328 e. The van der Waals surface area contributed by atoms with Crippen molar-refractivity contribution in [3.05, 3.63) is 33.1 Å². The highest BCUT2D eigenvalue weighted by Crippen LogP contribution is 1.98. The van der Waals surface area contributed by atoms with Gasteiger partial charge in [0.2, 0.25) is 0 Å². The van der Waals surface area contributed by atoms with E-state index in [1.165, 1.54) is 12.3 Å². The second-order valence-electron chi connectivity index (χ2n) is 4.07. The summed E-state index contributed by atoms with van der Waals surface area (Å²) in [6.07, 6.45) is 2.33. The van der Waals surface area contributed by atoms with Crippen molar-refractivity contribution < 1.29 is 4.74 Å². The molecular weight excluding hydrogens is 208 g/mol. The average molecular weight is 226 g/mol. The molecule has 0 aliphatic rings. The van der Waals surface area contributed by atoms with Crippen molar-refractivity contribution in [3.63, 3.8) is 0 Å². The van der Waals surface area contributed by atoms with Crippen LogP contribution in [0.25, 0.3) is 0 Å². The van der Waals surface area contributed by atoms with Gasteiger partial charge in [0.25, 0.3) is 5.56 Å². The summed E-state index contributed by atoms with van der Waals surface area (Å²) in [5.74, 6) is 0.600. The van der Waals surface area contributed by atoms with Crippen molar-refractivity contribution in [2.75, 3.05) is 13.2 Å². The van der Waals surface area contributed by atoms with E-state index in [2.05, 4.69) is 18.8 Å². The molecule has 0 aliphatic carbocycles. The lowest BCUT2D eigenvalue weighted by Gasteiger charge is -2.07. The number of aromatic nitrogens is 2. The summed E-state index contributed by atoms with van der Waals surface area (Å²) in [7, 11) is 0. The van der Waals surface area contributed by atoms with Gasteiger partial charge in [-0.1, -0.05) is 13.8 Å². The Morgan fingerprint density at radius 3 is 2.75 bits per heavy atom. The molecule has 1 heterocycles. The summed E-state index contributed by atoms with van der Waals surface area (Å²) in [5, 5.41) is 0. The van der Waals surface area contributed by atoms with Gasteiger partial charge in [-0.05, 0) is 12.3 Å². The number of hydrogen-bond acceptors (Lipinski definition) is 3. The molecule has 16 heavy (non-hydrogen) atoms. The highest BCUT2D eigenvalue weighted by molar-refractivity contribution is 4.82. The predicted octanol–water partition coefficient (Wildman–Crippen LogP) is 0.599.